The van der Waals surface area contributed by atoms with Gasteiger partial charge in [0.2, 0.25) is 0 Å². The summed E-state index contributed by atoms with van der Waals surface area (Å²) in [5.41, 5.74) is 1.93. The van der Waals surface area contributed by atoms with Crippen molar-refractivity contribution in [3.05, 3.63) is 52.5 Å². The van der Waals surface area contributed by atoms with E-state index in [-0.39, 0.29) is 17.6 Å². The number of hydrogen-bond acceptors (Lipinski definition) is 5. The van der Waals surface area contributed by atoms with Crippen LogP contribution < -0.4 is 5.32 Å². The molecule has 6 heteroatoms. The maximum Gasteiger partial charge on any atom is 0.252 e. The van der Waals surface area contributed by atoms with E-state index in [4.69, 9.17) is 4.74 Å². The molecule has 0 aromatic carbocycles. The van der Waals surface area contributed by atoms with E-state index in [0.29, 0.717) is 0 Å². The molecule has 4 heterocycles. The number of aromatic nitrogens is 1. The van der Waals surface area contributed by atoms with E-state index in [1.54, 1.807) is 11.3 Å². The van der Waals surface area contributed by atoms with Crippen LogP contribution in [-0.4, -0.2) is 47.1 Å². The molecule has 1 amide bonds. The first-order valence-corrected chi connectivity index (χ1v) is 9.75. The fourth-order valence-corrected chi connectivity index (χ4v) is 4.54. The minimum Gasteiger partial charge on any atom is -0.373 e. The van der Waals surface area contributed by atoms with Crippen LogP contribution in [0.1, 0.15) is 35.2 Å². The molecule has 5 nitrogen and oxygen atoms in total. The number of carbonyl (C=O) groups is 1. The number of rotatable bonds is 4. The molecule has 2 atom stereocenters. The van der Waals surface area contributed by atoms with Gasteiger partial charge in [-0.05, 0) is 48.4 Å². The standard InChI is InChI=1S/C19H23N3O2S/c23-18(16-4-10-25-13-16)21-17-3-9-24-19(11-17)5-8-22(14-19)12-15-1-6-20-7-2-15/h1-2,4,6-7,10,13,17H,3,5,8-9,11-12,14H2,(H,21,23)/t17-,19-/m1/s1. The largest absolute Gasteiger partial charge is 0.373 e. The number of likely N-dealkylation sites (tertiary alicyclic amines) is 1. The van der Waals surface area contributed by atoms with Crippen molar-refractivity contribution in [2.24, 2.45) is 0 Å². The molecule has 2 fully saturated rings. The van der Waals surface area contributed by atoms with E-state index in [9.17, 15) is 4.79 Å². The highest BCUT2D eigenvalue weighted by Crippen LogP contribution is 2.35. The average Bonchev–Trinajstić information content (AvgIpc) is 3.27. The Balaban J connectivity index is 1.35. The smallest absolute Gasteiger partial charge is 0.252 e. The molecule has 1 spiro atoms. The molecule has 1 N–H and O–H groups in total. The lowest BCUT2D eigenvalue weighted by Crippen LogP contribution is -2.49. The van der Waals surface area contributed by atoms with Gasteiger partial charge >= 0.3 is 0 Å². The second-order valence-electron chi connectivity index (χ2n) is 7.02. The summed E-state index contributed by atoms with van der Waals surface area (Å²) < 4.78 is 6.19. The lowest BCUT2D eigenvalue weighted by Gasteiger charge is -2.38. The highest BCUT2D eigenvalue weighted by atomic mass is 32.1. The third-order valence-corrected chi connectivity index (χ3v) is 5.85. The summed E-state index contributed by atoms with van der Waals surface area (Å²) in [5, 5.41) is 7.04. The number of ether oxygens (including phenoxy) is 1. The molecule has 132 valence electrons. The topological polar surface area (TPSA) is 54.5 Å². The molecule has 4 rings (SSSR count). The quantitative estimate of drug-likeness (QED) is 0.914. The maximum atomic E-state index is 12.3. The Labute approximate surface area is 152 Å². The second kappa shape index (κ2) is 7.23. The Morgan fingerprint density at radius 1 is 1.40 bits per heavy atom. The Hall–Kier alpha value is -1.76. The van der Waals surface area contributed by atoms with E-state index in [1.807, 2.05) is 29.2 Å². The highest BCUT2D eigenvalue weighted by molar-refractivity contribution is 7.08. The van der Waals surface area contributed by atoms with Crippen LogP contribution in [-0.2, 0) is 11.3 Å². The van der Waals surface area contributed by atoms with Gasteiger partial charge in [0, 0.05) is 55.6 Å². The molecule has 2 aromatic rings. The normalized spacial score (nSPS) is 26.8. The molecule has 0 saturated carbocycles. The highest BCUT2D eigenvalue weighted by Gasteiger charge is 2.43. The van der Waals surface area contributed by atoms with Gasteiger partial charge in [-0.2, -0.15) is 11.3 Å². The first kappa shape index (κ1) is 16.7. The monoisotopic (exact) mass is 357 g/mol. The summed E-state index contributed by atoms with van der Waals surface area (Å²) in [6.07, 6.45) is 6.50. The van der Waals surface area contributed by atoms with Crippen molar-refractivity contribution in [2.45, 2.75) is 37.5 Å². The molecular weight excluding hydrogens is 334 g/mol. The molecule has 25 heavy (non-hydrogen) atoms. The van der Waals surface area contributed by atoms with Gasteiger partial charge in [0.05, 0.1) is 5.60 Å². The molecule has 0 bridgehead atoms. The first-order valence-electron chi connectivity index (χ1n) is 8.81. The SMILES string of the molecule is O=C(N[C@@H]1CCO[C@]2(CCN(Cc3ccncc3)C2)C1)c1ccsc1. The Kier molecular flexibility index (Phi) is 4.83. The van der Waals surface area contributed by atoms with Crippen LogP contribution in [0.5, 0.6) is 0 Å². The van der Waals surface area contributed by atoms with E-state index in [1.165, 1.54) is 5.56 Å². The van der Waals surface area contributed by atoms with Gasteiger partial charge in [0.25, 0.3) is 5.91 Å². The van der Waals surface area contributed by atoms with E-state index < -0.39 is 0 Å². The molecule has 2 aliphatic rings. The van der Waals surface area contributed by atoms with Gasteiger partial charge in [0.15, 0.2) is 0 Å². The van der Waals surface area contributed by atoms with E-state index in [0.717, 1.165) is 51.1 Å². The van der Waals surface area contributed by atoms with Gasteiger partial charge in [-0.3, -0.25) is 14.7 Å². The summed E-state index contributed by atoms with van der Waals surface area (Å²) >= 11 is 1.55. The van der Waals surface area contributed by atoms with Gasteiger partial charge in [-0.1, -0.05) is 0 Å². The molecule has 2 aromatic heterocycles. The third-order valence-electron chi connectivity index (χ3n) is 5.16. The van der Waals surface area contributed by atoms with Crippen LogP contribution in [0.2, 0.25) is 0 Å². The fourth-order valence-electron chi connectivity index (χ4n) is 3.91. The summed E-state index contributed by atoms with van der Waals surface area (Å²) in [5.74, 6) is 0.0370. The predicted octanol–water partition coefficient (Wildman–Crippen LogP) is 2.70. The molecule has 0 radical (unpaired) electrons. The zero-order chi connectivity index (χ0) is 17.1. The van der Waals surface area contributed by atoms with Crippen LogP contribution >= 0.6 is 11.3 Å². The molecule has 2 aliphatic heterocycles. The summed E-state index contributed by atoms with van der Waals surface area (Å²) in [6.45, 7) is 3.62. The van der Waals surface area contributed by atoms with Crippen LogP contribution in [0.15, 0.2) is 41.4 Å². The van der Waals surface area contributed by atoms with Crippen LogP contribution in [0, 0.1) is 0 Å². The van der Waals surface area contributed by atoms with Gasteiger partial charge < -0.3 is 10.1 Å². The predicted molar refractivity (Wildman–Crippen MR) is 97.6 cm³/mol. The summed E-state index contributed by atoms with van der Waals surface area (Å²) in [6, 6.07) is 6.20. The number of hydrogen-bond donors (Lipinski definition) is 1. The van der Waals surface area contributed by atoms with Crippen molar-refractivity contribution in [2.75, 3.05) is 19.7 Å². The van der Waals surface area contributed by atoms with E-state index >= 15 is 0 Å². The number of thiophene rings is 1. The fraction of sp³-hybridized carbons (Fsp3) is 0.474. The number of pyridine rings is 1. The Bertz CT molecular complexity index is 707. The molecular formula is C19H23N3O2S. The number of nitrogens with one attached hydrogen (secondary N) is 1. The number of amides is 1. The Morgan fingerprint density at radius 3 is 3.08 bits per heavy atom. The van der Waals surface area contributed by atoms with Crippen molar-refractivity contribution in [3.8, 4) is 0 Å². The maximum absolute atomic E-state index is 12.3. The summed E-state index contributed by atoms with van der Waals surface area (Å²) in [4.78, 5) is 18.8. The first-order chi connectivity index (χ1) is 12.2. The van der Waals surface area contributed by atoms with Crippen molar-refractivity contribution in [1.29, 1.82) is 0 Å². The molecule has 0 unspecified atom stereocenters. The van der Waals surface area contributed by atoms with Crippen molar-refractivity contribution < 1.29 is 9.53 Å². The second-order valence-corrected chi connectivity index (χ2v) is 7.80. The summed E-state index contributed by atoms with van der Waals surface area (Å²) in [7, 11) is 0. The number of nitrogens with zero attached hydrogens (tertiary/aromatic N) is 2. The Morgan fingerprint density at radius 2 is 2.28 bits per heavy atom. The van der Waals surface area contributed by atoms with Crippen molar-refractivity contribution in [3.63, 3.8) is 0 Å². The van der Waals surface area contributed by atoms with Crippen molar-refractivity contribution >= 4 is 17.2 Å². The lowest BCUT2D eigenvalue weighted by molar-refractivity contribution is -0.0793. The molecule has 0 aliphatic carbocycles. The van der Waals surface area contributed by atoms with Gasteiger partial charge in [-0.25, -0.2) is 0 Å². The number of carbonyl (C=O) groups excluding carboxylic acids is 1. The minimum absolute atomic E-state index is 0.0370. The van der Waals surface area contributed by atoms with Gasteiger partial charge in [-0.15, -0.1) is 0 Å². The van der Waals surface area contributed by atoms with Gasteiger partial charge in [0.1, 0.15) is 0 Å². The lowest BCUT2D eigenvalue weighted by atomic mass is 9.89. The average molecular weight is 357 g/mol. The van der Waals surface area contributed by atoms with E-state index in [2.05, 4.69) is 27.3 Å². The minimum atomic E-state index is -0.113. The van der Waals surface area contributed by atoms with Crippen LogP contribution in [0.4, 0.5) is 0 Å². The van der Waals surface area contributed by atoms with Crippen molar-refractivity contribution in [1.82, 2.24) is 15.2 Å². The van der Waals surface area contributed by atoms with Crippen LogP contribution in [0.3, 0.4) is 0 Å². The zero-order valence-electron chi connectivity index (χ0n) is 14.2. The zero-order valence-corrected chi connectivity index (χ0v) is 15.0. The molecule has 2 saturated heterocycles. The third kappa shape index (κ3) is 3.92. The van der Waals surface area contributed by atoms with Crippen LogP contribution in [0.25, 0.3) is 0 Å².